The third-order valence-electron chi connectivity index (χ3n) is 4.79. The molecule has 0 aromatic heterocycles. The Balaban J connectivity index is 1.45. The summed E-state index contributed by atoms with van der Waals surface area (Å²) >= 11 is 1.32. The van der Waals surface area contributed by atoms with Crippen molar-refractivity contribution < 1.29 is 9.90 Å². The van der Waals surface area contributed by atoms with Gasteiger partial charge in [-0.15, -0.1) is 0 Å². The van der Waals surface area contributed by atoms with Gasteiger partial charge in [-0.3, -0.25) is 4.79 Å². The number of nitrogens with zero attached hydrogens (tertiary/aromatic N) is 3. The zero-order chi connectivity index (χ0) is 19.5. The molecule has 2 heterocycles. The van der Waals surface area contributed by atoms with Crippen molar-refractivity contribution in [2.24, 2.45) is 4.99 Å². The number of amidine groups is 1. The number of aromatic hydroxyl groups is 1. The molecule has 144 valence electrons. The molecule has 2 fully saturated rings. The Morgan fingerprint density at radius 2 is 1.71 bits per heavy atom. The maximum atomic E-state index is 12.2. The van der Waals surface area contributed by atoms with Crippen LogP contribution >= 0.6 is 11.8 Å². The Morgan fingerprint density at radius 3 is 2.39 bits per heavy atom. The van der Waals surface area contributed by atoms with Crippen LogP contribution in [0.2, 0.25) is 0 Å². The van der Waals surface area contributed by atoms with Crippen LogP contribution in [0.3, 0.4) is 0 Å². The molecule has 0 bridgehead atoms. The second-order valence-corrected chi connectivity index (χ2v) is 7.91. The van der Waals surface area contributed by atoms with Crippen molar-refractivity contribution in [3.63, 3.8) is 0 Å². The van der Waals surface area contributed by atoms with Gasteiger partial charge in [0.1, 0.15) is 5.75 Å². The molecule has 0 spiro atoms. The Labute approximate surface area is 168 Å². The minimum atomic E-state index is -0.148. The van der Waals surface area contributed by atoms with Gasteiger partial charge in [-0.05, 0) is 66.8 Å². The highest BCUT2D eigenvalue weighted by atomic mass is 32.2. The zero-order valence-corrected chi connectivity index (χ0v) is 16.4. The number of nitrogens with one attached hydrogen (secondary N) is 1. The smallest absolute Gasteiger partial charge is 0.264 e. The van der Waals surface area contributed by atoms with Crippen molar-refractivity contribution in [2.45, 2.75) is 0 Å². The number of hydrogen-bond acceptors (Lipinski definition) is 6. The summed E-state index contributed by atoms with van der Waals surface area (Å²) in [6.45, 7) is 4.22. The van der Waals surface area contributed by atoms with E-state index in [0.717, 1.165) is 31.7 Å². The highest BCUT2D eigenvalue weighted by molar-refractivity contribution is 8.18. The maximum absolute atomic E-state index is 12.2. The predicted octanol–water partition coefficient (Wildman–Crippen LogP) is 3.04. The summed E-state index contributed by atoms with van der Waals surface area (Å²) in [5.41, 5.74) is 2.88. The van der Waals surface area contributed by atoms with Crippen LogP contribution in [0.4, 0.5) is 11.4 Å². The van der Waals surface area contributed by atoms with E-state index in [1.54, 1.807) is 24.3 Å². The molecule has 1 amide bonds. The maximum Gasteiger partial charge on any atom is 0.264 e. The summed E-state index contributed by atoms with van der Waals surface area (Å²) in [5, 5.41) is 12.7. The normalized spacial score (nSPS) is 20.8. The van der Waals surface area contributed by atoms with Gasteiger partial charge in [0.05, 0.1) is 10.6 Å². The Morgan fingerprint density at radius 1 is 1.04 bits per heavy atom. The van der Waals surface area contributed by atoms with E-state index in [-0.39, 0.29) is 11.7 Å². The van der Waals surface area contributed by atoms with Gasteiger partial charge in [-0.25, -0.2) is 4.99 Å². The van der Waals surface area contributed by atoms with Crippen LogP contribution in [0.5, 0.6) is 5.75 Å². The van der Waals surface area contributed by atoms with E-state index >= 15 is 0 Å². The number of aliphatic imine (C=N–C) groups is 1. The number of carbonyl (C=O) groups is 1. The fourth-order valence-corrected chi connectivity index (χ4v) is 3.96. The third-order valence-corrected chi connectivity index (χ3v) is 5.70. The summed E-state index contributed by atoms with van der Waals surface area (Å²) in [4.78, 5) is 22.0. The molecule has 4 rings (SSSR count). The van der Waals surface area contributed by atoms with Gasteiger partial charge in [0.15, 0.2) is 5.17 Å². The summed E-state index contributed by atoms with van der Waals surface area (Å²) in [7, 11) is 2.15. The van der Waals surface area contributed by atoms with Crippen LogP contribution in [0.15, 0.2) is 58.4 Å². The Kier molecular flexibility index (Phi) is 5.36. The summed E-state index contributed by atoms with van der Waals surface area (Å²) in [6, 6.07) is 14.9. The molecule has 2 aliphatic rings. The van der Waals surface area contributed by atoms with Crippen LogP contribution in [0.1, 0.15) is 5.56 Å². The van der Waals surface area contributed by atoms with E-state index in [2.05, 4.69) is 39.3 Å². The molecule has 6 nitrogen and oxygen atoms in total. The fourth-order valence-electron chi connectivity index (χ4n) is 3.12. The number of amides is 1. The molecule has 2 saturated heterocycles. The van der Waals surface area contributed by atoms with Gasteiger partial charge >= 0.3 is 0 Å². The van der Waals surface area contributed by atoms with Gasteiger partial charge < -0.3 is 20.2 Å². The lowest BCUT2D eigenvalue weighted by Gasteiger charge is -2.34. The molecule has 2 aromatic rings. The van der Waals surface area contributed by atoms with Gasteiger partial charge in [0.2, 0.25) is 0 Å². The van der Waals surface area contributed by atoms with Crippen molar-refractivity contribution in [1.29, 1.82) is 0 Å². The number of hydrogen-bond donors (Lipinski definition) is 2. The number of carbonyl (C=O) groups excluding carboxylic acids is 1. The van der Waals surface area contributed by atoms with Gasteiger partial charge in [-0.1, -0.05) is 12.1 Å². The number of rotatable bonds is 3. The molecule has 0 unspecified atom stereocenters. The van der Waals surface area contributed by atoms with Crippen LogP contribution < -0.4 is 10.2 Å². The molecular formula is C21H22N4O2S. The lowest BCUT2D eigenvalue weighted by molar-refractivity contribution is -0.115. The zero-order valence-electron chi connectivity index (χ0n) is 15.6. The topological polar surface area (TPSA) is 68.2 Å². The van der Waals surface area contributed by atoms with Crippen LogP contribution in [0, 0.1) is 0 Å². The molecule has 2 aromatic carbocycles. The largest absolute Gasteiger partial charge is 0.508 e. The first-order valence-electron chi connectivity index (χ1n) is 9.19. The second kappa shape index (κ2) is 8.08. The van der Waals surface area contributed by atoms with Crippen molar-refractivity contribution in [2.75, 3.05) is 38.1 Å². The first-order chi connectivity index (χ1) is 13.6. The highest BCUT2D eigenvalue weighted by Crippen LogP contribution is 2.29. The van der Waals surface area contributed by atoms with Crippen LogP contribution in [-0.2, 0) is 4.79 Å². The summed E-state index contributed by atoms with van der Waals surface area (Å²) in [6.07, 6.45) is 1.88. The van der Waals surface area contributed by atoms with Crippen molar-refractivity contribution in [3.8, 4) is 5.75 Å². The number of anilines is 1. The number of likely N-dealkylation sites (N-methyl/N-ethyl adjacent to an activating group) is 1. The number of benzene rings is 2. The predicted molar refractivity (Wildman–Crippen MR) is 115 cm³/mol. The number of phenols is 1. The summed E-state index contributed by atoms with van der Waals surface area (Å²) in [5.74, 6) is 0.0401. The first kappa shape index (κ1) is 18.6. The minimum Gasteiger partial charge on any atom is -0.508 e. The van der Waals surface area contributed by atoms with Gasteiger partial charge in [0, 0.05) is 31.9 Å². The number of thioether (sulfide) groups is 1. The standard InChI is InChI=1S/C21H22N4O2S/c1-24-10-12-25(13-11-24)17-6-2-15(3-7-17)14-19-20(27)23-21(28-19)22-16-4-8-18(26)9-5-16/h2-9,14,26H,10-13H2,1H3,(H,22,23,27)/b19-14+. The van der Waals surface area contributed by atoms with E-state index in [1.165, 1.54) is 17.4 Å². The average molecular weight is 395 g/mol. The summed E-state index contributed by atoms with van der Waals surface area (Å²) < 4.78 is 0. The molecule has 0 atom stereocenters. The third kappa shape index (κ3) is 4.37. The Hall–Kier alpha value is -2.77. The lowest BCUT2D eigenvalue weighted by Crippen LogP contribution is -2.44. The minimum absolute atomic E-state index is 0.148. The lowest BCUT2D eigenvalue weighted by atomic mass is 10.1. The molecule has 0 aliphatic carbocycles. The molecular weight excluding hydrogens is 372 g/mol. The molecule has 7 heteroatoms. The van der Waals surface area contributed by atoms with Gasteiger partial charge in [-0.2, -0.15) is 0 Å². The van der Waals surface area contributed by atoms with Crippen LogP contribution in [-0.4, -0.2) is 54.3 Å². The monoisotopic (exact) mass is 394 g/mol. The molecule has 2 N–H and O–H groups in total. The van der Waals surface area contributed by atoms with E-state index < -0.39 is 0 Å². The molecule has 28 heavy (non-hydrogen) atoms. The molecule has 0 radical (unpaired) electrons. The number of phenolic OH excluding ortho intramolecular Hbond substituents is 1. The van der Waals surface area contributed by atoms with E-state index in [4.69, 9.17) is 0 Å². The Bertz CT molecular complexity index is 914. The average Bonchev–Trinajstić information content (AvgIpc) is 3.04. The van der Waals surface area contributed by atoms with Crippen molar-refractivity contribution in [3.05, 3.63) is 59.0 Å². The number of piperazine rings is 1. The van der Waals surface area contributed by atoms with Gasteiger partial charge in [0.25, 0.3) is 5.91 Å². The van der Waals surface area contributed by atoms with E-state index in [1.807, 2.05) is 18.2 Å². The highest BCUT2D eigenvalue weighted by Gasteiger charge is 2.23. The quantitative estimate of drug-likeness (QED) is 0.784. The second-order valence-electron chi connectivity index (χ2n) is 6.88. The van der Waals surface area contributed by atoms with Crippen molar-refractivity contribution >= 4 is 40.3 Å². The molecule has 2 aliphatic heterocycles. The van der Waals surface area contributed by atoms with E-state index in [0.29, 0.717) is 15.8 Å². The molecule has 0 saturated carbocycles. The van der Waals surface area contributed by atoms with E-state index in [9.17, 15) is 9.90 Å². The first-order valence-corrected chi connectivity index (χ1v) is 10.0. The SMILES string of the molecule is CN1CCN(c2ccc(/C=C3/SC(=Nc4ccc(O)cc4)NC3=O)cc2)CC1. The van der Waals surface area contributed by atoms with Crippen LogP contribution in [0.25, 0.3) is 6.08 Å². The fraction of sp³-hybridized carbons (Fsp3) is 0.238. The van der Waals surface area contributed by atoms with Crippen molar-refractivity contribution in [1.82, 2.24) is 10.2 Å².